The monoisotopic (exact) mass is 212 g/mol. The molecule has 0 fully saturated rings. The third-order valence-corrected chi connectivity index (χ3v) is 1.71. The van der Waals surface area contributed by atoms with Crippen LogP contribution in [0.5, 0.6) is 11.5 Å². The van der Waals surface area contributed by atoms with Gasteiger partial charge in [0, 0.05) is 0 Å². The van der Waals surface area contributed by atoms with Crippen LogP contribution in [-0.4, -0.2) is 34.0 Å². The second kappa shape index (κ2) is 5.21. The average molecular weight is 212 g/mol. The highest BCUT2D eigenvalue weighted by Gasteiger charge is 2.11. The lowest BCUT2D eigenvalue weighted by Gasteiger charge is -2.10. The maximum absolute atomic E-state index is 10.2. The Morgan fingerprint density at radius 2 is 2.07 bits per heavy atom. The number of aliphatic carboxylic acids is 1. The van der Waals surface area contributed by atoms with Crippen molar-refractivity contribution in [2.75, 3.05) is 6.61 Å². The van der Waals surface area contributed by atoms with Gasteiger partial charge in [-0.05, 0) is 12.1 Å². The summed E-state index contributed by atoms with van der Waals surface area (Å²) in [4.78, 5) is 10.2. The van der Waals surface area contributed by atoms with Crippen molar-refractivity contribution in [2.24, 2.45) is 0 Å². The van der Waals surface area contributed by atoms with Gasteiger partial charge in [0.1, 0.15) is 6.61 Å². The van der Waals surface area contributed by atoms with Gasteiger partial charge in [0.15, 0.2) is 11.5 Å². The first-order chi connectivity index (χ1) is 7.09. The number of phenols is 1. The zero-order chi connectivity index (χ0) is 11.3. The summed E-state index contributed by atoms with van der Waals surface area (Å²) in [6.45, 7) is -0.163. The van der Waals surface area contributed by atoms with Gasteiger partial charge in [-0.3, -0.25) is 4.79 Å². The van der Waals surface area contributed by atoms with Crippen LogP contribution in [0, 0.1) is 0 Å². The Morgan fingerprint density at radius 3 is 2.67 bits per heavy atom. The van der Waals surface area contributed by atoms with Crippen molar-refractivity contribution >= 4 is 5.97 Å². The number of aromatic hydroxyl groups is 1. The molecule has 0 aliphatic rings. The number of carboxylic acids is 1. The van der Waals surface area contributed by atoms with Gasteiger partial charge in [-0.25, -0.2) is 0 Å². The molecule has 0 saturated carbocycles. The van der Waals surface area contributed by atoms with E-state index in [0.717, 1.165) is 0 Å². The minimum absolute atomic E-state index is 0.0416. The highest BCUT2D eigenvalue weighted by molar-refractivity contribution is 5.67. The molecule has 1 atom stereocenters. The van der Waals surface area contributed by atoms with E-state index in [2.05, 4.69) is 0 Å². The second-order valence-electron chi connectivity index (χ2n) is 3.03. The van der Waals surface area contributed by atoms with Crippen molar-refractivity contribution in [1.29, 1.82) is 0 Å². The summed E-state index contributed by atoms with van der Waals surface area (Å²) >= 11 is 0. The van der Waals surface area contributed by atoms with Crippen LogP contribution in [0.25, 0.3) is 0 Å². The van der Waals surface area contributed by atoms with E-state index >= 15 is 0 Å². The Hall–Kier alpha value is -1.75. The zero-order valence-electron chi connectivity index (χ0n) is 7.96. The van der Waals surface area contributed by atoms with Crippen molar-refractivity contribution in [3.8, 4) is 11.5 Å². The molecular weight excluding hydrogens is 200 g/mol. The van der Waals surface area contributed by atoms with Gasteiger partial charge in [0.05, 0.1) is 12.5 Å². The van der Waals surface area contributed by atoms with Crippen LogP contribution in [0.4, 0.5) is 0 Å². The number of para-hydroxylation sites is 2. The van der Waals surface area contributed by atoms with Crippen molar-refractivity contribution in [3.63, 3.8) is 0 Å². The van der Waals surface area contributed by atoms with Gasteiger partial charge in [-0.15, -0.1) is 0 Å². The number of ether oxygens (including phenoxy) is 1. The molecule has 1 unspecified atom stereocenters. The number of benzene rings is 1. The van der Waals surface area contributed by atoms with Gasteiger partial charge in [0.25, 0.3) is 0 Å². The number of carboxylic acid groups (broad SMARTS) is 1. The van der Waals surface area contributed by atoms with E-state index in [4.69, 9.17) is 9.84 Å². The maximum Gasteiger partial charge on any atom is 0.306 e. The minimum atomic E-state index is -1.09. The highest BCUT2D eigenvalue weighted by atomic mass is 16.5. The Balaban J connectivity index is 2.43. The van der Waals surface area contributed by atoms with Crippen LogP contribution < -0.4 is 4.74 Å². The highest BCUT2D eigenvalue weighted by Crippen LogP contribution is 2.24. The van der Waals surface area contributed by atoms with E-state index in [1.165, 1.54) is 12.1 Å². The smallest absolute Gasteiger partial charge is 0.306 e. The zero-order valence-corrected chi connectivity index (χ0v) is 7.96. The normalized spacial score (nSPS) is 12.1. The first kappa shape index (κ1) is 11.3. The molecule has 0 amide bonds. The van der Waals surface area contributed by atoms with E-state index in [1.54, 1.807) is 12.1 Å². The molecule has 5 heteroatoms. The van der Waals surface area contributed by atoms with Gasteiger partial charge in [0.2, 0.25) is 0 Å². The number of hydrogen-bond donors (Lipinski definition) is 3. The van der Waals surface area contributed by atoms with E-state index in [9.17, 15) is 15.0 Å². The van der Waals surface area contributed by atoms with Crippen LogP contribution in [0.3, 0.4) is 0 Å². The van der Waals surface area contributed by atoms with Crippen molar-refractivity contribution < 1.29 is 24.9 Å². The standard InChI is InChI=1S/C10H12O5/c11-7(5-10(13)14)6-15-9-4-2-1-3-8(9)12/h1-4,7,11-12H,5-6H2,(H,13,14). The van der Waals surface area contributed by atoms with E-state index in [1.807, 2.05) is 0 Å². The molecule has 0 radical (unpaired) electrons. The number of aliphatic hydroxyl groups is 1. The second-order valence-corrected chi connectivity index (χ2v) is 3.03. The molecule has 82 valence electrons. The molecule has 15 heavy (non-hydrogen) atoms. The largest absolute Gasteiger partial charge is 0.504 e. The van der Waals surface area contributed by atoms with Crippen LogP contribution in [-0.2, 0) is 4.79 Å². The summed E-state index contributed by atoms with van der Waals surface area (Å²) in [6.07, 6.45) is -1.46. The summed E-state index contributed by atoms with van der Waals surface area (Å²) in [7, 11) is 0. The summed E-state index contributed by atoms with van der Waals surface area (Å²) in [5.41, 5.74) is 0. The Morgan fingerprint density at radius 1 is 1.40 bits per heavy atom. The van der Waals surface area contributed by atoms with Gasteiger partial charge < -0.3 is 20.1 Å². The van der Waals surface area contributed by atoms with Gasteiger partial charge in [-0.1, -0.05) is 12.1 Å². The average Bonchev–Trinajstić information content (AvgIpc) is 2.15. The fourth-order valence-electron chi connectivity index (χ4n) is 1.03. The molecule has 0 saturated heterocycles. The van der Waals surface area contributed by atoms with E-state index in [0.29, 0.717) is 0 Å². The lowest BCUT2D eigenvalue weighted by Crippen LogP contribution is -2.21. The third-order valence-electron chi connectivity index (χ3n) is 1.71. The maximum atomic E-state index is 10.2. The molecule has 0 aliphatic carbocycles. The molecule has 0 aliphatic heterocycles. The summed E-state index contributed by atoms with van der Waals surface area (Å²) in [5.74, 6) is -0.912. The Bertz CT molecular complexity index is 336. The first-order valence-corrected chi connectivity index (χ1v) is 4.40. The first-order valence-electron chi connectivity index (χ1n) is 4.40. The lowest BCUT2D eigenvalue weighted by atomic mass is 10.2. The predicted molar refractivity (Wildman–Crippen MR) is 51.9 cm³/mol. The Labute approximate surface area is 86.5 Å². The molecule has 1 aromatic carbocycles. The van der Waals surface area contributed by atoms with Gasteiger partial charge >= 0.3 is 5.97 Å². The van der Waals surface area contributed by atoms with E-state index in [-0.39, 0.29) is 24.5 Å². The van der Waals surface area contributed by atoms with Crippen LogP contribution in [0.2, 0.25) is 0 Å². The molecule has 0 aromatic heterocycles. The number of aliphatic hydroxyl groups excluding tert-OH is 1. The number of rotatable bonds is 5. The molecule has 5 nitrogen and oxygen atoms in total. The summed E-state index contributed by atoms with van der Waals surface area (Å²) < 4.78 is 5.04. The molecule has 1 aromatic rings. The number of carbonyl (C=O) groups is 1. The molecule has 1 rings (SSSR count). The fraction of sp³-hybridized carbons (Fsp3) is 0.300. The summed E-state index contributed by atoms with van der Waals surface area (Å²) in [5, 5.41) is 26.8. The van der Waals surface area contributed by atoms with Crippen LogP contribution >= 0.6 is 0 Å². The van der Waals surface area contributed by atoms with Crippen molar-refractivity contribution in [2.45, 2.75) is 12.5 Å². The predicted octanol–water partition coefficient (Wildman–Crippen LogP) is 0.607. The number of phenolic OH excluding ortho intramolecular Hbond substituents is 1. The quantitative estimate of drug-likeness (QED) is 0.665. The van der Waals surface area contributed by atoms with Crippen molar-refractivity contribution in [1.82, 2.24) is 0 Å². The summed E-state index contributed by atoms with van der Waals surface area (Å²) in [6, 6.07) is 6.27. The van der Waals surface area contributed by atoms with Crippen molar-refractivity contribution in [3.05, 3.63) is 24.3 Å². The number of hydrogen-bond acceptors (Lipinski definition) is 4. The molecule has 0 bridgehead atoms. The Kier molecular flexibility index (Phi) is 3.93. The van der Waals surface area contributed by atoms with Crippen LogP contribution in [0.1, 0.15) is 6.42 Å². The topological polar surface area (TPSA) is 87.0 Å². The minimum Gasteiger partial charge on any atom is -0.504 e. The molecular formula is C10H12O5. The molecule has 3 N–H and O–H groups in total. The van der Waals surface area contributed by atoms with E-state index < -0.39 is 12.1 Å². The fourth-order valence-corrected chi connectivity index (χ4v) is 1.03. The SMILES string of the molecule is O=C(O)CC(O)COc1ccccc1O. The third kappa shape index (κ3) is 3.86. The lowest BCUT2D eigenvalue weighted by molar-refractivity contribution is -0.139. The molecule has 0 spiro atoms. The van der Waals surface area contributed by atoms with Crippen LogP contribution in [0.15, 0.2) is 24.3 Å². The molecule has 0 heterocycles. The van der Waals surface area contributed by atoms with Gasteiger partial charge in [-0.2, -0.15) is 0 Å².